The van der Waals surface area contributed by atoms with E-state index in [2.05, 4.69) is 33.1 Å². The summed E-state index contributed by atoms with van der Waals surface area (Å²) < 4.78 is 0. The van der Waals surface area contributed by atoms with Crippen molar-refractivity contribution in [2.24, 2.45) is 5.41 Å². The Kier molecular flexibility index (Phi) is 2.86. The molecular formula is C17H21N3. The molecule has 0 N–H and O–H groups in total. The quantitative estimate of drug-likeness (QED) is 0.787. The van der Waals surface area contributed by atoms with E-state index in [0.717, 1.165) is 24.4 Å². The Morgan fingerprint density at radius 3 is 2.45 bits per heavy atom. The third-order valence-electron chi connectivity index (χ3n) is 5.31. The minimum Gasteiger partial charge on any atom is -0.356 e. The van der Waals surface area contributed by atoms with Crippen LogP contribution >= 0.6 is 0 Å². The molecule has 2 aromatic rings. The topological polar surface area (TPSA) is 29.0 Å². The van der Waals surface area contributed by atoms with Crippen LogP contribution < -0.4 is 4.90 Å². The van der Waals surface area contributed by atoms with Crippen molar-refractivity contribution in [3.8, 4) is 0 Å². The second kappa shape index (κ2) is 4.72. The van der Waals surface area contributed by atoms with Gasteiger partial charge in [0.2, 0.25) is 0 Å². The summed E-state index contributed by atoms with van der Waals surface area (Å²) in [5.41, 5.74) is 1.72. The molecule has 3 nitrogen and oxygen atoms in total. The average Bonchev–Trinajstić information content (AvgIpc) is 2.96. The molecular weight excluding hydrogens is 246 g/mol. The summed E-state index contributed by atoms with van der Waals surface area (Å²) in [6.07, 6.45) is 10.2. The van der Waals surface area contributed by atoms with Crippen LogP contribution in [0, 0.1) is 5.41 Å². The number of aromatic nitrogens is 2. The maximum atomic E-state index is 4.56. The molecule has 2 fully saturated rings. The van der Waals surface area contributed by atoms with E-state index >= 15 is 0 Å². The lowest BCUT2D eigenvalue weighted by Crippen LogP contribution is -2.39. The standard InChI is InChI=1S/C17H21N3/c1-2-6-15-14(5-1)16(19-13-18-15)20-11-9-17(10-12-20)7-3-4-8-17/h1-2,5-6,13H,3-4,7-12H2. The van der Waals surface area contributed by atoms with Crippen molar-refractivity contribution in [3.63, 3.8) is 0 Å². The van der Waals surface area contributed by atoms with Crippen LogP contribution in [0.4, 0.5) is 5.82 Å². The van der Waals surface area contributed by atoms with Gasteiger partial charge in [0.1, 0.15) is 12.1 Å². The Balaban J connectivity index is 1.61. The number of fused-ring (bicyclic) bond motifs is 1. The first-order valence-corrected chi connectivity index (χ1v) is 7.81. The SMILES string of the molecule is c1ccc2c(N3CCC4(CCCC4)CC3)ncnc2c1. The molecule has 1 aliphatic carbocycles. The van der Waals surface area contributed by atoms with E-state index in [-0.39, 0.29) is 0 Å². The van der Waals surface area contributed by atoms with Crippen LogP contribution in [0.15, 0.2) is 30.6 Å². The highest BCUT2D eigenvalue weighted by Gasteiger charge is 2.37. The Morgan fingerprint density at radius 1 is 0.900 bits per heavy atom. The molecule has 3 heteroatoms. The number of benzene rings is 1. The van der Waals surface area contributed by atoms with Crippen molar-refractivity contribution < 1.29 is 0 Å². The highest BCUT2D eigenvalue weighted by atomic mass is 15.2. The third-order valence-corrected chi connectivity index (χ3v) is 5.31. The summed E-state index contributed by atoms with van der Waals surface area (Å²) in [5, 5.41) is 1.19. The third kappa shape index (κ3) is 1.96. The monoisotopic (exact) mass is 267 g/mol. The first-order chi connectivity index (χ1) is 9.86. The second-order valence-corrected chi connectivity index (χ2v) is 6.41. The van der Waals surface area contributed by atoms with Crippen LogP contribution in [0.1, 0.15) is 38.5 Å². The first kappa shape index (κ1) is 12.1. The van der Waals surface area contributed by atoms with Gasteiger partial charge in [0.05, 0.1) is 5.52 Å². The zero-order valence-corrected chi connectivity index (χ0v) is 11.9. The second-order valence-electron chi connectivity index (χ2n) is 6.41. The molecule has 1 aromatic heterocycles. The van der Waals surface area contributed by atoms with Crippen LogP contribution in [-0.4, -0.2) is 23.1 Å². The highest BCUT2D eigenvalue weighted by Crippen LogP contribution is 2.46. The number of hydrogen-bond donors (Lipinski definition) is 0. The minimum absolute atomic E-state index is 0.666. The fraction of sp³-hybridized carbons (Fsp3) is 0.529. The van der Waals surface area contributed by atoms with Crippen molar-refractivity contribution in [1.82, 2.24) is 9.97 Å². The molecule has 1 aromatic carbocycles. The molecule has 1 saturated carbocycles. The molecule has 0 amide bonds. The number of hydrogen-bond acceptors (Lipinski definition) is 3. The van der Waals surface area contributed by atoms with Gasteiger partial charge < -0.3 is 4.90 Å². The smallest absolute Gasteiger partial charge is 0.139 e. The summed E-state index contributed by atoms with van der Waals surface area (Å²) in [5.74, 6) is 1.13. The maximum absolute atomic E-state index is 4.56. The first-order valence-electron chi connectivity index (χ1n) is 7.81. The fourth-order valence-electron chi connectivity index (χ4n) is 4.06. The number of nitrogens with zero attached hydrogens (tertiary/aromatic N) is 3. The average molecular weight is 267 g/mol. The summed E-state index contributed by atoms with van der Waals surface area (Å²) >= 11 is 0. The van der Waals surface area contributed by atoms with E-state index in [1.54, 1.807) is 6.33 Å². The van der Waals surface area contributed by atoms with Crippen LogP contribution in [0.3, 0.4) is 0 Å². The summed E-state index contributed by atoms with van der Waals surface area (Å²) in [6, 6.07) is 8.34. The lowest BCUT2D eigenvalue weighted by molar-refractivity contribution is 0.226. The molecule has 1 spiro atoms. The predicted octanol–water partition coefficient (Wildman–Crippen LogP) is 3.79. The normalized spacial score (nSPS) is 21.7. The van der Waals surface area contributed by atoms with E-state index in [1.165, 1.54) is 43.9 Å². The molecule has 2 aliphatic rings. The van der Waals surface area contributed by atoms with Crippen LogP contribution in [0.5, 0.6) is 0 Å². The van der Waals surface area contributed by atoms with Crippen LogP contribution in [-0.2, 0) is 0 Å². The molecule has 20 heavy (non-hydrogen) atoms. The van der Waals surface area contributed by atoms with Crippen molar-refractivity contribution in [2.75, 3.05) is 18.0 Å². The minimum atomic E-state index is 0.666. The Hall–Kier alpha value is -1.64. The molecule has 4 rings (SSSR count). The Labute approximate surface area is 120 Å². The maximum Gasteiger partial charge on any atom is 0.139 e. The molecule has 1 saturated heterocycles. The van der Waals surface area contributed by atoms with E-state index in [0.29, 0.717) is 5.41 Å². The summed E-state index contributed by atoms with van der Waals surface area (Å²) in [4.78, 5) is 11.4. The zero-order valence-electron chi connectivity index (χ0n) is 11.9. The Bertz CT molecular complexity index is 601. The van der Waals surface area contributed by atoms with Gasteiger partial charge in [-0.15, -0.1) is 0 Å². The van der Waals surface area contributed by atoms with Gasteiger partial charge >= 0.3 is 0 Å². The molecule has 2 heterocycles. The number of anilines is 1. The molecule has 1 aliphatic heterocycles. The number of piperidine rings is 1. The lowest BCUT2D eigenvalue weighted by Gasteiger charge is -2.40. The van der Waals surface area contributed by atoms with Crippen LogP contribution in [0.25, 0.3) is 10.9 Å². The van der Waals surface area contributed by atoms with Gasteiger partial charge in [0.15, 0.2) is 0 Å². The Morgan fingerprint density at radius 2 is 1.65 bits per heavy atom. The van der Waals surface area contributed by atoms with Crippen molar-refractivity contribution in [1.29, 1.82) is 0 Å². The van der Waals surface area contributed by atoms with E-state index in [9.17, 15) is 0 Å². The highest BCUT2D eigenvalue weighted by molar-refractivity contribution is 5.89. The van der Waals surface area contributed by atoms with Crippen LogP contribution in [0.2, 0.25) is 0 Å². The van der Waals surface area contributed by atoms with Gasteiger partial charge in [-0.3, -0.25) is 0 Å². The van der Waals surface area contributed by atoms with Gasteiger partial charge in [-0.2, -0.15) is 0 Å². The summed E-state index contributed by atoms with van der Waals surface area (Å²) in [6.45, 7) is 2.31. The van der Waals surface area contributed by atoms with Crippen molar-refractivity contribution >= 4 is 16.7 Å². The largest absolute Gasteiger partial charge is 0.356 e. The van der Waals surface area contributed by atoms with Crippen molar-refractivity contribution in [2.45, 2.75) is 38.5 Å². The van der Waals surface area contributed by atoms with E-state index < -0.39 is 0 Å². The number of para-hydroxylation sites is 1. The zero-order chi connectivity index (χ0) is 13.4. The van der Waals surface area contributed by atoms with Gasteiger partial charge in [0.25, 0.3) is 0 Å². The fourth-order valence-corrected chi connectivity index (χ4v) is 4.06. The summed E-state index contributed by atoms with van der Waals surface area (Å²) in [7, 11) is 0. The van der Waals surface area contributed by atoms with Gasteiger partial charge in [-0.05, 0) is 43.2 Å². The lowest BCUT2D eigenvalue weighted by atomic mass is 9.77. The van der Waals surface area contributed by atoms with E-state index in [1.807, 2.05) is 6.07 Å². The molecule has 0 unspecified atom stereocenters. The molecule has 0 atom stereocenters. The number of rotatable bonds is 1. The van der Waals surface area contributed by atoms with E-state index in [4.69, 9.17) is 0 Å². The van der Waals surface area contributed by atoms with Gasteiger partial charge in [-0.1, -0.05) is 25.0 Å². The van der Waals surface area contributed by atoms with Gasteiger partial charge in [-0.25, -0.2) is 9.97 Å². The molecule has 104 valence electrons. The molecule has 0 bridgehead atoms. The molecule has 0 radical (unpaired) electrons. The predicted molar refractivity (Wildman–Crippen MR) is 81.9 cm³/mol. The van der Waals surface area contributed by atoms with Gasteiger partial charge in [0, 0.05) is 18.5 Å². The van der Waals surface area contributed by atoms with Crippen molar-refractivity contribution in [3.05, 3.63) is 30.6 Å².